The van der Waals surface area contributed by atoms with Gasteiger partial charge in [0, 0.05) is 40.7 Å². The van der Waals surface area contributed by atoms with Gasteiger partial charge in [0.05, 0.1) is 5.39 Å². The van der Waals surface area contributed by atoms with Gasteiger partial charge in [0.15, 0.2) is 5.56 Å². The second kappa shape index (κ2) is 6.68. The van der Waals surface area contributed by atoms with Crippen LogP contribution in [0.4, 0.5) is 0 Å². The number of carbonyl (C=O) groups excluding carboxylic acids is 1. The molecule has 0 aliphatic carbocycles. The molecule has 1 aliphatic heterocycles. The van der Waals surface area contributed by atoms with Gasteiger partial charge in [-0.3, -0.25) is 9.59 Å². The van der Waals surface area contributed by atoms with Crippen LogP contribution in [0.15, 0.2) is 28.4 Å². The Morgan fingerprint density at radius 3 is 2.81 bits per heavy atom. The third-order valence-electron chi connectivity index (χ3n) is 4.67. The lowest BCUT2D eigenvalue weighted by atomic mass is 10.1. The second-order valence-corrected chi connectivity index (χ2v) is 8.21. The first-order chi connectivity index (χ1) is 13.0. The predicted octanol–water partition coefficient (Wildman–Crippen LogP) is 3.53. The Morgan fingerprint density at radius 2 is 2.15 bits per heavy atom. The molecule has 3 aromatic rings. The minimum atomic E-state index is -0.579. The standard InChI is InChI=1S/C19H15N3O3S2/c1-10(23)22-6-4-11(5-7-22)14-2-3-15(27-14)13-9-26-19-16(13)17(24)12(8-20)18(25)21-19/h2-4,9H,5-7H2,1H3,(H2,21,24,25). The first kappa shape index (κ1) is 17.5. The predicted molar refractivity (Wildman–Crippen MR) is 107 cm³/mol. The molecule has 0 radical (unpaired) electrons. The number of carbonyl (C=O) groups is 1. The van der Waals surface area contributed by atoms with E-state index < -0.39 is 5.56 Å². The van der Waals surface area contributed by atoms with Crippen LogP contribution in [-0.4, -0.2) is 34.0 Å². The molecule has 1 amide bonds. The SMILES string of the molecule is CC(=O)N1CC=C(c2ccc(-c3csc4[nH]c(=O)c(C#N)c(O)c34)s2)CC1. The summed E-state index contributed by atoms with van der Waals surface area (Å²) < 4.78 is 0. The molecule has 0 saturated heterocycles. The van der Waals surface area contributed by atoms with Gasteiger partial charge in [-0.25, -0.2) is 0 Å². The fourth-order valence-corrected chi connectivity index (χ4v) is 5.33. The van der Waals surface area contributed by atoms with Crippen LogP contribution in [0.1, 0.15) is 23.8 Å². The van der Waals surface area contributed by atoms with Crippen molar-refractivity contribution in [1.82, 2.24) is 9.88 Å². The fraction of sp³-hybridized carbons (Fsp3) is 0.211. The Balaban J connectivity index is 1.74. The van der Waals surface area contributed by atoms with Crippen LogP contribution in [0.3, 0.4) is 0 Å². The number of hydrogen-bond acceptors (Lipinski definition) is 6. The Labute approximate surface area is 162 Å². The molecule has 0 fully saturated rings. The summed E-state index contributed by atoms with van der Waals surface area (Å²) in [5.74, 6) is -0.184. The van der Waals surface area contributed by atoms with Crippen LogP contribution in [-0.2, 0) is 4.79 Å². The van der Waals surface area contributed by atoms with E-state index in [0.717, 1.165) is 21.7 Å². The smallest absolute Gasteiger partial charge is 0.270 e. The van der Waals surface area contributed by atoms with Crippen LogP contribution < -0.4 is 5.56 Å². The molecule has 0 saturated carbocycles. The van der Waals surface area contributed by atoms with Gasteiger partial charge in [0.2, 0.25) is 5.91 Å². The number of H-pyrrole nitrogens is 1. The number of rotatable bonds is 2. The molecule has 0 aromatic carbocycles. The highest BCUT2D eigenvalue weighted by molar-refractivity contribution is 7.19. The molecular formula is C19H15N3O3S2. The van der Waals surface area contributed by atoms with Gasteiger partial charge in [0.1, 0.15) is 16.6 Å². The minimum absolute atomic E-state index is 0.0830. The highest BCUT2D eigenvalue weighted by Gasteiger charge is 2.20. The van der Waals surface area contributed by atoms with Crippen LogP contribution in [0.2, 0.25) is 0 Å². The lowest BCUT2D eigenvalue weighted by molar-refractivity contribution is -0.128. The summed E-state index contributed by atoms with van der Waals surface area (Å²) in [5.41, 5.74) is 1.17. The van der Waals surface area contributed by atoms with E-state index in [1.807, 2.05) is 22.4 Å². The van der Waals surface area contributed by atoms with E-state index in [9.17, 15) is 14.7 Å². The molecule has 2 N–H and O–H groups in total. The quantitative estimate of drug-likeness (QED) is 0.691. The van der Waals surface area contributed by atoms with E-state index in [1.54, 1.807) is 24.3 Å². The third-order valence-corrected chi connectivity index (χ3v) is 6.76. The normalized spacial score (nSPS) is 14.2. The number of aromatic nitrogens is 1. The number of pyridine rings is 1. The first-order valence-corrected chi connectivity index (χ1v) is 10.0. The molecule has 0 unspecified atom stereocenters. The fourth-order valence-electron chi connectivity index (χ4n) is 3.20. The molecule has 1 aliphatic rings. The summed E-state index contributed by atoms with van der Waals surface area (Å²) in [7, 11) is 0. The summed E-state index contributed by atoms with van der Waals surface area (Å²) >= 11 is 2.92. The maximum Gasteiger partial charge on any atom is 0.270 e. The van der Waals surface area contributed by atoms with Crippen LogP contribution in [0.25, 0.3) is 26.2 Å². The number of thiophene rings is 2. The van der Waals surface area contributed by atoms with Gasteiger partial charge in [-0.2, -0.15) is 5.26 Å². The van der Waals surface area contributed by atoms with Gasteiger partial charge < -0.3 is 15.0 Å². The second-order valence-electron chi connectivity index (χ2n) is 6.25. The van der Waals surface area contributed by atoms with E-state index in [1.165, 1.54) is 16.9 Å². The molecule has 0 spiro atoms. The maximum absolute atomic E-state index is 11.9. The van der Waals surface area contributed by atoms with Crippen LogP contribution in [0.5, 0.6) is 5.75 Å². The summed E-state index contributed by atoms with van der Waals surface area (Å²) in [6.45, 7) is 2.91. The monoisotopic (exact) mass is 397 g/mol. The van der Waals surface area contributed by atoms with Gasteiger partial charge in [-0.05, 0) is 24.1 Å². The maximum atomic E-state index is 11.9. The van der Waals surface area contributed by atoms with Crippen LogP contribution >= 0.6 is 22.7 Å². The van der Waals surface area contributed by atoms with Crippen molar-refractivity contribution >= 4 is 44.4 Å². The molecule has 8 heteroatoms. The highest BCUT2D eigenvalue weighted by atomic mass is 32.1. The number of fused-ring (bicyclic) bond motifs is 1. The number of nitrogens with one attached hydrogen (secondary N) is 1. The van der Waals surface area contributed by atoms with E-state index >= 15 is 0 Å². The van der Waals surface area contributed by atoms with Crippen molar-refractivity contribution in [2.75, 3.05) is 13.1 Å². The topological polar surface area (TPSA) is 97.2 Å². The van der Waals surface area contributed by atoms with E-state index in [2.05, 4.69) is 11.1 Å². The number of nitrogens with zero attached hydrogens (tertiary/aromatic N) is 2. The van der Waals surface area contributed by atoms with Gasteiger partial charge >= 0.3 is 0 Å². The summed E-state index contributed by atoms with van der Waals surface area (Å²) in [4.78, 5) is 30.4. The number of amides is 1. The number of hydrogen-bond donors (Lipinski definition) is 2. The van der Waals surface area contributed by atoms with Crippen molar-refractivity contribution in [2.45, 2.75) is 13.3 Å². The lowest BCUT2D eigenvalue weighted by Crippen LogP contribution is -2.32. The van der Waals surface area contributed by atoms with E-state index in [4.69, 9.17) is 5.26 Å². The van der Waals surface area contributed by atoms with Gasteiger partial charge in [0.25, 0.3) is 5.56 Å². The van der Waals surface area contributed by atoms with Gasteiger partial charge in [-0.15, -0.1) is 22.7 Å². The van der Waals surface area contributed by atoms with Crippen molar-refractivity contribution in [3.8, 4) is 22.3 Å². The van der Waals surface area contributed by atoms with Crippen molar-refractivity contribution in [1.29, 1.82) is 5.26 Å². The zero-order chi connectivity index (χ0) is 19.1. The summed E-state index contributed by atoms with van der Waals surface area (Å²) in [6.07, 6.45) is 2.88. The molecule has 4 heterocycles. The molecule has 6 nitrogen and oxygen atoms in total. The Bertz CT molecular complexity index is 1190. The molecule has 0 atom stereocenters. The molecule has 27 heavy (non-hydrogen) atoms. The van der Waals surface area contributed by atoms with Crippen molar-refractivity contribution in [3.05, 3.63) is 44.4 Å². The number of aromatic hydroxyl groups is 1. The summed E-state index contributed by atoms with van der Waals surface area (Å²) in [5, 5.41) is 21.9. The number of nitriles is 1. The van der Waals surface area contributed by atoms with Crippen molar-refractivity contribution < 1.29 is 9.90 Å². The third kappa shape index (κ3) is 2.95. The highest BCUT2D eigenvalue weighted by Crippen LogP contribution is 2.42. The average Bonchev–Trinajstić information content (AvgIpc) is 3.29. The van der Waals surface area contributed by atoms with Crippen molar-refractivity contribution in [3.63, 3.8) is 0 Å². The lowest BCUT2D eigenvalue weighted by Gasteiger charge is -2.24. The average molecular weight is 397 g/mol. The molecule has 0 bridgehead atoms. The molecular weight excluding hydrogens is 382 g/mol. The number of aromatic amines is 1. The zero-order valence-electron chi connectivity index (χ0n) is 14.4. The first-order valence-electron chi connectivity index (χ1n) is 8.31. The summed E-state index contributed by atoms with van der Waals surface area (Å²) in [6, 6.07) is 5.78. The largest absolute Gasteiger partial charge is 0.506 e. The van der Waals surface area contributed by atoms with Gasteiger partial charge in [-0.1, -0.05) is 6.08 Å². The Kier molecular flexibility index (Phi) is 4.34. The Morgan fingerprint density at radius 1 is 1.37 bits per heavy atom. The molecule has 4 rings (SSSR count). The molecule has 136 valence electrons. The van der Waals surface area contributed by atoms with E-state index in [-0.39, 0.29) is 17.2 Å². The molecule has 3 aromatic heterocycles. The van der Waals surface area contributed by atoms with Crippen LogP contribution in [0, 0.1) is 11.3 Å². The van der Waals surface area contributed by atoms with Crippen molar-refractivity contribution in [2.24, 2.45) is 0 Å². The zero-order valence-corrected chi connectivity index (χ0v) is 16.0. The van der Waals surface area contributed by atoms with E-state index in [0.29, 0.717) is 23.3 Å². The Hall–Kier alpha value is -2.89. The minimum Gasteiger partial charge on any atom is -0.506 e.